The Morgan fingerprint density at radius 2 is 1.67 bits per heavy atom. The second kappa shape index (κ2) is 5.34. The highest BCUT2D eigenvalue weighted by atomic mass is 35.5. The van der Waals surface area contributed by atoms with Crippen LogP contribution in [0.25, 0.3) is 22.9 Å². The highest BCUT2D eigenvalue weighted by Gasteiger charge is 2.19. The summed E-state index contributed by atoms with van der Waals surface area (Å²) in [5.41, 5.74) is 0.899. The quantitative estimate of drug-likeness (QED) is 0.540. The van der Waals surface area contributed by atoms with Crippen molar-refractivity contribution in [1.82, 2.24) is 10.2 Å². The topological polar surface area (TPSA) is 82.1 Å². The van der Waals surface area contributed by atoms with E-state index < -0.39 is 4.92 Å². The van der Waals surface area contributed by atoms with Crippen molar-refractivity contribution in [2.24, 2.45) is 0 Å². The molecular formula is C14H8ClN3O3. The molecule has 0 saturated heterocycles. The highest BCUT2D eigenvalue weighted by Crippen LogP contribution is 2.30. The van der Waals surface area contributed by atoms with Crippen LogP contribution in [0, 0.1) is 10.1 Å². The zero-order chi connectivity index (χ0) is 14.8. The Kier molecular flexibility index (Phi) is 3.37. The average Bonchev–Trinajstić information content (AvgIpc) is 2.97. The van der Waals surface area contributed by atoms with Gasteiger partial charge < -0.3 is 4.42 Å². The molecule has 0 fully saturated rings. The Morgan fingerprint density at radius 3 is 2.38 bits per heavy atom. The third-order valence-electron chi connectivity index (χ3n) is 2.85. The average molecular weight is 302 g/mol. The lowest BCUT2D eigenvalue weighted by atomic mass is 10.2. The first kappa shape index (κ1) is 13.3. The van der Waals surface area contributed by atoms with Gasteiger partial charge in [-0.05, 0) is 30.3 Å². The Balaban J connectivity index is 2.03. The normalized spacial score (nSPS) is 10.5. The van der Waals surface area contributed by atoms with E-state index in [1.165, 1.54) is 6.07 Å². The fraction of sp³-hybridized carbons (Fsp3) is 0. The maximum atomic E-state index is 11.0. The van der Waals surface area contributed by atoms with E-state index in [4.69, 9.17) is 16.0 Å². The Labute approximate surface area is 124 Å². The van der Waals surface area contributed by atoms with Crippen LogP contribution >= 0.6 is 11.6 Å². The predicted molar refractivity (Wildman–Crippen MR) is 76.8 cm³/mol. The number of hydrogen-bond acceptors (Lipinski definition) is 5. The summed E-state index contributed by atoms with van der Waals surface area (Å²) in [5, 5.41) is 19.4. The number of hydrogen-bond donors (Lipinski definition) is 0. The van der Waals surface area contributed by atoms with E-state index in [2.05, 4.69) is 10.2 Å². The first-order valence-electron chi connectivity index (χ1n) is 5.98. The fourth-order valence-electron chi connectivity index (χ4n) is 1.85. The summed E-state index contributed by atoms with van der Waals surface area (Å²) in [4.78, 5) is 10.5. The number of nitro benzene ring substituents is 1. The van der Waals surface area contributed by atoms with Crippen LogP contribution in [0.3, 0.4) is 0 Å². The van der Waals surface area contributed by atoms with Crippen LogP contribution in [0.2, 0.25) is 5.02 Å². The van der Waals surface area contributed by atoms with Crippen LogP contribution < -0.4 is 0 Å². The van der Waals surface area contributed by atoms with Gasteiger partial charge in [0, 0.05) is 16.7 Å². The van der Waals surface area contributed by atoms with Gasteiger partial charge in [-0.25, -0.2) is 0 Å². The van der Waals surface area contributed by atoms with Gasteiger partial charge in [0.05, 0.1) is 4.92 Å². The number of aromatic nitrogens is 2. The van der Waals surface area contributed by atoms with Crippen molar-refractivity contribution in [2.75, 3.05) is 0 Å². The Bertz CT molecular complexity index is 799. The molecule has 0 aliphatic rings. The third kappa shape index (κ3) is 2.61. The number of halogens is 1. The van der Waals surface area contributed by atoms with Gasteiger partial charge in [0.2, 0.25) is 5.89 Å². The molecule has 7 heteroatoms. The van der Waals surface area contributed by atoms with Gasteiger partial charge in [-0.15, -0.1) is 10.2 Å². The van der Waals surface area contributed by atoms with Gasteiger partial charge in [0.25, 0.3) is 11.6 Å². The van der Waals surface area contributed by atoms with Crippen LogP contribution in [0.1, 0.15) is 0 Å². The lowest BCUT2D eigenvalue weighted by Crippen LogP contribution is -1.91. The molecule has 104 valence electrons. The number of rotatable bonds is 3. The largest absolute Gasteiger partial charge is 0.416 e. The summed E-state index contributed by atoms with van der Waals surface area (Å²) in [6.45, 7) is 0. The van der Waals surface area contributed by atoms with E-state index >= 15 is 0 Å². The Morgan fingerprint density at radius 1 is 1.00 bits per heavy atom. The lowest BCUT2D eigenvalue weighted by molar-refractivity contribution is -0.384. The zero-order valence-electron chi connectivity index (χ0n) is 10.6. The van der Waals surface area contributed by atoms with Gasteiger partial charge >= 0.3 is 0 Å². The van der Waals surface area contributed by atoms with Crippen molar-refractivity contribution < 1.29 is 9.34 Å². The molecule has 0 unspecified atom stereocenters. The number of para-hydroxylation sites is 1. The molecule has 0 atom stereocenters. The summed E-state index contributed by atoms with van der Waals surface area (Å²) >= 11 is 5.81. The van der Waals surface area contributed by atoms with Gasteiger partial charge in [0.15, 0.2) is 0 Å². The van der Waals surface area contributed by atoms with Crippen molar-refractivity contribution in [3.8, 4) is 22.9 Å². The zero-order valence-corrected chi connectivity index (χ0v) is 11.3. The number of benzene rings is 2. The van der Waals surface area contributed by atoms with Crippen molar-refractivity contribution in [2.45, 2.75) is 0 Å². The standard InChI is InChI=1S/C14H8ClN3O3/c15-10-7-5-9(6-8-10)13-16-17-14(21-13)11-3-1-2-4-12(11)18(19)20/h1-8H. The maximum Gasteiger partial charge on any atom is 0.282 e. The molecule has 6 nitrogen and oxygen atoms in total. The summed E-state index contributed by atoms with van der Waals surface area (Å²) in [6, 6.07) is 13.1. The van der Waals surface area contributed by atoms with Crippen LogP contribution in [-0.4, -0.2) is 15.1 Å². The van der Waals surface area contributed by atoms with E-state index in [0.29, 0.717) is 10.6 Å². The maximum absolute atomic E-state index is 11.0. The van der Waals surface area contributed by atoms with E-state index in [1.54, 1.807) is 42.5 Å². The Hall–Kier alpha value is -2.73. The lowest BCUT2D eigenvalue weighted by Gasteiger charge is -1.97. The molecule has 3 aromatic rings. The molecule has 2 aromatic carbocycles. The van der Waals surface area contributed by atoms with Crippen molar-refractivity contribution in [3.05, 3.63) is 63.7 Å². The van der Waals surface area contributed by atoms with E-state index in [-0.39, 0.29) is 23.0 Å². The minimum absolute atomic E-state index is 0.0798. The summed E-state index contributed by atoms with van der Waals surface area (Å²) in [7, 11) is 0. The first-order chi connectivity index (χ1) is 10.1. The minimum Gasteiger partial charge on any atom is -0.416 e. The van der Waals surface area contributed by atoms with Gasteiger partial charge in [-0.2, -0.15) is 0 Å². The first-order valence-corrected chi connectivity index (χ1v) is 6.36. The molecule has 0 aliphatic carbocycles. The smallest absolute Gasteiger partial charge is 0.282 e. The van der Waals surface area contributed by atoms with Crippen LogP contribution in [0.5, 0.6) is 0 Å². The van der Waals surface area contributed by atoms with Crippen molar-refractivity contribution >= 4 is 17.3 Å². The molecule has 0 aliphatic heterocycles. The predicted octanol–water partition coefficient (Wildman–Crippen LogP) is 3.97. The molecule has 21 heavy (non-hydrogen) atoms. The van der Waals surface area contributed by atoms with E-state index in [9.17, 15) is 10.1 Å². The van der Waals surface area contributed by atoms with Crippen LogP contribution in [-0.2, 0) is 0 Å². The summed E-state index contributed by atoms with van der Waals surface area (Å²) in [6.07, 6.45) is 0. The molecule has 0 N–H and O–H groups in total. The molecule has 0 radical (unpaired) electrons. The molecule has 1 aromatic heterocycles. The summed E-state index contributed by atoms with van der Waals surface area (Å²) < 4.78 is 5.52. The van der Waals surface area contributed by atoms with E-state index in [0.717, 1.165) is 0 Å². The van der Waals surface area contributed by atoms with Crippen LogP contribution in [0.15, 0.2) is 52.9 Å². The molecule has 0 bridgehead atoms. The van der Waals surface area contributed by atoms with Crippen molar-refractivity contribution in [1.29, 1.82) is 0 Å². The monoisotopic (exact) mass is 301 g/mol. The molecule has 0 amide bonds. The third-order valence-corrected chi connectivity index (χ3v) is 3.10. The van der Waals surface area contributed by atoms with Gasteiger partial charge in [-0.3, -0.25) is 10.1 Å². The van der Waals surface area contributed by atoms with Gasteiger partial charge in [-0.1, -0.05) is 23.7 Å². The highest BCUT2D eigenvalue weighted by molar-refractivity contribution is 6.30. The SMILES string of the molecule is O=[N+]([O-])c1ccccc1-c1nnc(-c2ccc(Cl)cc2)o1. The van der Waals surface area contributed by atoms with Crippen molar-refractivity contribution in [3.63, 3.8) is 0 Å². The van der Waals surface area contributed by atoms with E-state index in [1.807, 2.05) is 0 Å². The van der Waals surface area contributed by atoms with Crippen LogP contribution in [0.4, 0.5) is 5.69 Å². The fourth-order valence-corrected chi connectivity index (χ4v) is 1.98. The second-order valence-electron chi connectivity index (χ2n) is 4.19. The molecule has 0 spiro atoms. The molecular weight excluding hydrogens is 294 g/mol. The molecule has 0 saturated carbocycles. The molecule has 1 heterocycles. The summed E-state index contributed by atoms with van der Waals surface area (Å²) in [5.74, 6) is 0.382. The second-order valence-corrected chi connectivity index (χ2v) is 4.63. The number of nitrogens with zero attached hydrogens (tertiary/aromatic N) is 3. The van der Waals surface area contributed by atoms with Gasteiger partial charge in [0.1, 0.15) is 5.56 Å². The molecule has 3 rings (SSSR count). The number of nitro groups is 1. The minimum atomic E-state index is -0.485.